The van der Waals surface area contributed by atoms with Crippen molar-refractivity contribution in [3.63, 3.8) is 0 Å². The Morgan fingerprint density at radius 1 is 1.15 bits per heavy atom. The zero-order valence-electron chi connectivity index (χ0n) is 19.2. The molecule has 0 aliphatic heterocycles. The molecule has 176 valence electrons. The Bertz CT molecular complexity index is 1270. The summed E-state index contributed by atoms with van der Waals surface area (Å²) in [5, 5.41) is 15.4. The van der Waals surface area contributed by atoms with Crippen LogP contribution in [0.25, 0.3) is 10.9 Å². The molecule has 34 heavy (non-hydrogen) atoms. The normalized spacial score (nSPS) is 13.1. The highest BCUT2D eigenvalue weighted by Crippen LogP contribution is 2.24. The Morgan fingerprint density at radius 3 is 2.74 bits per heavy atom. The largest absolute Gasteiger partial charge is 0.464 e. The summed E-state index contributed by atoms with van der Waals surface area (Å²) in [6.45, 7) is 2.99. The number of hydrogen-bond donors (Lipinski definition) is 2. The van der Waals surface area contributed by atoms with Gasteiger partial charge < -0.3 is 19.7 Å². The van der Waals surface area contributed by atoms with Gasteiger partial charge in [-0.2, -0.15) is 0 Å². The maximum atomic E-state index is 12.4. The molecular weight excluding hydrogens is 450 g/mol. The molecule has 0 saturated carbocycles. The number of aliphatic hydroxyl groups excluding tert-OH is 1. The first kappa shape index (κ1) is 24.0. The highest BCUT2D eigenvalue weighted by molar-refractivity contribution is 6.30. The van der Waals surface area contributed by atoms with Gasteiger partial charge in [0.1, 0.15) is 5.69 Å². The van der Waals surface area contributed by atoms with Gasteiger partial charge in [-0.15, -0.1) is 0 Å². The van der Waals surface area contributed by atoms with Crippen LogP contribution >= 0.6 is 11.6 Å². The van der Waals surface area contributed by atoms with E-state index in [1.165, 1.54) is 7.11 Å². The van der Waals surface area contributed by atoms with E-state index in [4.69, 9.17) is 16.3 Å². The van der Waals surface area contributed by atoms with Gasteiger partial charge >= 0.3 is 5.97 Å². The third-order valence-electron chi connectivity index (χ3n) is 5.84. The summed E-state index contributed by atoms with van der Waals surface area (Å²) in [5.74, 6) is -0.376. The van der Waals surface area contributed by atoms with Gasteiger partial charge in [0, 0.05) is 34.7 Å². The summed E-state index contributed by atoms with van der Waals surface area (Å²) in [6, 6.07) is 21.2. The number of hydrogen-bond acceptors (Lipinski definition) is 5. The number of halogens is 1. The Hall–Kier alpha value is -3.19. The molecule has 0 aliphatic rings. The Kier molecular flexibility index (Phi) is 7.63. The number of rotatable bonds is 9. The molecular formula is C27H28ClN3O3. The molecule has 2 aromatic heterocycles. The van der Waals surface area contributed by atoms with E-state index in [9.17, 15) is 9.90 Å². The van der Waals surface area contributed by atoms with Crippen LogP contribution in [0.2, 0.25) is 5.02 Å². The van der Waals surface area contributed by atoms with E-state index in [0.29, 0.717) is 23.8 Å². The van der Waals surface area contributed by atoms with Gasteiger partial charge in [0.25, 0.3) is 0 Å². The average molecular weight is 478 g/mol. The second-order valence-corrected chi connectivity index (χ2v) is 8.84. The smallest absolute Gasteiger partial charge is 0.354 e. The van der Waals surface area contributed by atoms with Gasteiger partial charge in [-0.1, -0.05) is 35.9 Å². The number of methoxy groups -OCH3 is 1. The number of nitrogens with zero attached hydrogens (tertiary/aromatic N) is 2. The first-order valence-electron chi connectivity index (χ1n) is 11.2. The molecule has 0 saturated heterocycles. The monoisotopic (exact) mass is 477 g/mol. The molecule has 4 rings (SSSR count). The maximum absolute atomic E-state index is 12.4. The van der Waals surface area contributed by atoms with Gasteiger partial charge in [0.05, 0.1) is 25.5 Å². The minimum atomic E-state index is -0.633. The van der Waals surface area contributed by atoms with Crippen LogP contribution in [0.15, 0.2) is 72.9 Å². The Labute approximate surface area is 204 Å². The summed E-state index contributed by atoms with van der Waals surface area (Å²) in [6.07, 6.45) is 1.89. The summed E-state index contributed by atoms with van der Waals surface area (Å²) >= 11 is 6.03. The highest BCUT2D eigenvalue weighted by Gasteiger charge is 2.18. The molecule has 0 bridgehead atoms. The fourth-order valence-corrected chi connectivity index (χ4v) is 4.31. The number of ether oxygens (including phenoxy) is 1. The van der Waals surface area contributed by atoms with E-state index < -0.39 is 6.10 Å². The molecule has 7 heteroatoms. The number of carbonyl (C=O) groups is 1. The number of esters is 1. The summed E-state index contributed by atoms with van der Waals surface area (Å²) in [4.78, 5) is 16.8. The van der Waals surface area contributed by atoms with Crippen molar-refractivity contribution in [1.29, 1.82) is 0 Å². The van der Waals surface area contributed by atoms with Crippen molar-refractivity contribution < 1.29 is 14.6 Å². The molecule has 0 amide bonds. The van der Waals surface area contributed by atoms with Crippen LogP contribution in [0.5, 0.6) is 0 Å². The molecule has 2 N–H and O–H groups in total. The van der Waals surface area contributed by atoms with Crippen molar-refractivity contribution in [3.05, 3.63) is 100 Å². The zero-order valence-corrected chi connectivity index (χ0v) is 20.0. The van der Waals surface area contributed by atoms with Crippen molar-refractivity contribution in [2.24, 2.45) is 0 Å². The minimum Gasteiger partial charge on any atom is -0.464 e. The summed E-state index contributed by atoms with van der Waals surface area (Å²) < 4.78 is 6.96. The first-order chi connectivity index (χ1) is 16.4. The molecule has 0 aliphatic carbocycles. The van der Waals surface area contributed by atoms with Crippen molar-refractivity contribution in [3.8, 4) is 0 Å². The van der Waals surface area contributed by atoms with E-state index in [0.717, 1.165) is 34.1 Å². The van der Waals surface area contributed by atoms with Crippen LogP contribution < -0.4 is 5.32 Å². The van der Waals surface area contributed by atoms with Crippen LogP contribution in [0.4, 0.5) is 0 Å². The van der Waals surface area contributed by atoms with Crippen molar-refractivity contribution in [1.82, 2.24) is 14.9 Å². The van der Waals surface area contributed by atoms with Crippen molar-refractivity contribution in [2.45, 2.75) is 32.0 Å². The number of aliphatic hydroxyl groups is 1. The zero-order chi connectivity index (χ0) is 24.1. The van der Waals surface area contributed by atoms with Crippen LogP contribution in [0.1, 0.15) is 40.3 Å². The first-order valence-corrected chi connectivity index (χ1v) is 11.6. The maximum Gasteiger partial charge on any atom is 0.354 e. The van der Waals surface area contributed by atoms with Crippen LogP contribution in [-0.4, -0.2) is 40.3 Å². The van der Waals surface area contributed by atoms with Gasteiger partial charge in [-0.05, 0) is 66.9 Å². The number of carbonyl (C=O) groups excluding carboxylic acids is 1. The van der Waals surface area contributed by atoms with Crippen molar-refractivity contribution in [2.75, 3.05) is 13.7 Å². The Balaban J connectivity index is 1.48. The van der Waals surface area contributed by atoms with Crippen LogP contribution in [0.3, 0.4) is 0 Å². The molecule has 4 aromatic rings. The lowest BCUT2D eigenvalue weighted by Gasteiger charge is -2.18. The second kappa shape index (κ2) is 10.8. The fraction of sp³-hybridized carbons (Fsp3) is 0.259. The van der Waals surface area contributed by atoms with Gasteiger partial charge in [0.15, 0.2) is 0 Å². The molecule has 2 atom stereocenters. The second-order valence-electron chi connectivity index (χ2n) is 8.41. The minimum absolute atomic E-state index is 0.141. The molecule has 0 spiro atoms. The molecule has 0 fully saturated rings. The third kappa shape index (κ3) is 5.65. The highest BCUT2D eigenvalue weighted by atomic mass is 35.5. The molecule has 6 nitrogen and oxygen atoms in total. The van der Waals surface area contributed by atoms with Crippen LogP contribution in [0, 0.1) is 0 Å². The van der Waals surface area contributed by atoms with Gasteiger partial charge in [0.2, 0.25) is 0 Å². The number of nitrogens with one attached hydrogen (secondary N) is 1. The molecule has 2 aromatic carbocycles. The average Bonchev–Trinajstić information content (AvgIpc) is 3.20. The fourth-order valence-electron chi connectivity index (χ4n) is 4.12. The SMILES string of the molecule is COC(=O)c1cc2cc(CC(C)NCC(O)c3cccc(Cl)c3)ccc2n1Cc1ccccn1. The molecule has 0 radical (unpaired) electrons. The predicted molar refractivity (Wildman–Crippen MR) is 134 cm³/mol. The topological polar surface area (TPSA) is 76.4 Å². The summed E-state index contributed by atoms with van der Waals surface area (Å²) in [7, 11) is 1.39. The molecule has 2 unspecified atom stereocenters. The number of fused-ring (bicyclic) bond motifs is 1. The van der Waals surface area contributed by atoms with Gasteiger partial charge in [-0.3, -0.25) is 4.98 Å². The van der Waals surface area contributed by atoms with Crippen molar-refractivity contribution >= 4 is 28.5 Å². The van der Waals surface area contributed by atoms with Crippen LogP contribution in [-0.2, 0) is 17.7 Å². The quantitative estimate of drug-likeness (QED) is 0.339. The lowest BCUT2D eigenvalue weighted by molar-refractivity contribution is 0.0589. The van der Waals surface area contributed by atoms with E-state index in [2.05, 4.69) is 29.4 Å². The number of benzene rings is 2. The third-order valence-corrected chi connectivity index (χ3v) is 6.08. The number of pyridine rings is 1. The molecule has 2 heterocycles. The van der Waals surface area contributed by atoms with E-state index in [-0.39, 0.29) is 12.0 Å². The predicted octanol–water partition coefficient (Wildman–Crippen LogP) is 4.78. The standard InChI is InChI=1S/C27H28ClN3O3/c1-18(30-16-26(32)20-6-5-7-22(28)14-20)12-19-9-10-24-21(13-19)15-25(27(33)34-2)31(24)17-23-8-3-4-11-29-23/h3-11,13-15,18,26,30,32H,12,16-17H2,1-2H3. The van der Waals surface area contributed by atoms with E-state index in [1.807, 2.05) is 47.0 Å². The summed E-state index contributed by atoms with van der Waals surface area (Å²) in [5.41, 5.74) is 4.24. The van der Waals surface area contributed by atoms with Gasteiger partial charge in [-0.25, -0.2) is 4.79 Å². The lowest BCUT2D eigenvalue weighted by Crippen LogP contribution is -2.32. The van der Waals surface area contributed by atoms with E-state index in [1.54, 1.807) is 18.3 Å². The van der Waals surface area contributed by atoms with E-state index >= 15 is 0 Å². The number of aromatic nitrogens is 2. The Morgan fingerprint density at radius 2 is 2.00 bits per heavy atom. The lowest BCUT2D eigenvalue weighted by atomic mass is 10.0.